The van der Waals surface area contributed by atoms with E-state index >= 15 is 0 Å². The Morgan fingerprint density at radius 2 is 1.76 bits per heavy atom. The molecular weight excluding hydrogens is 558 g/mol. The molecule has 0 spiro atoms. The molecule has 0 unspecified atom stereocenters. The van der Waals surface area contributed by atoms with Crippen LogP contribution in [0, 0.1) is 0 Å². The van der Waals surface area contributed by atoms with Gasteiger partial charge in [0.05, 0.1) is 23.7 Å². The standard InChI is InChI=1S/C28H21BrClN3O4/c29-18-8-6-16(7-9-18)23-15-22(32-33(23)24(34)12-13-25(35)36)27-26(17-4-2-1-3-5-17)20-14-19(30)10-11-21(20)31-28(27)37/h1-11,14,23H,12-13,15H2,(H,31,37)(H,35,36)/t23-/m1/s1. The number of fused-ring (bicyclic) bond motifs is 1. The summed E-state index contributed by atoms with van der Waals surface area (Å²) in [4.78, 5) is 40.7. The first-order valence-electron chi connectivity index (χ1n) is 11.6. The molecule has 1 aliphatic heterocycles. The molecule has 0 fully saturated rings. The molecule has 37 heavy (non-hydrogen) atoms. The lowest BCUT2D eigenvalue weighted by atomic mass is 9.91. The van der Waals surface area contributed by atoms with Crippen molar-refractivity contribution in [3.05, 3.63) is 104 Å². The van der Waals surface area contributed by atoms with E-state index in [1.54, 1.807) is 18.2 Å². The Morgan fingerprint density at radius 1 is 1.03 bits per heavy atom. The van der Waals surface area contributed by atoms with E-state index in [0.717, 1.165) is 21.0 Å². The highest BCUT2D eigenvalue weighted by atomic mass is 79.9. The molecule has 0 bridgehead atoms. The predicted molar refractivity (Wildman–Crippen MR) is 147 cm³/mol. The topological polar surface area (TPSA) is 103 Å². The Kier molecular flexibility index (Phi) is 6.95. The number of carboxylic acids is 1. The van der Waals surface area contributed by atoms with Gasteiger partial charge in [-0.2, -0.15) is 5.10 Å². The summed E-state index contributed by atoms with van der Waals surface area (Å²) in [5.41, 5.74) is 3.42. The van der Waals surface area contributed by atoms with Gasteiger partial charge >= 0.3 is 5.97 Å². The van der Waals surface area contributed by atoms with Crippen LogP contribution in [0.1, 0.15) is 36.4 Å². The summed E-state index contributed by atoms with van der Waals surface area (Å²) in [5, 5.41) is 16.3. The van der Waals surface area contributed by atoms with E-state index in [1.165, 1.54) is 5.01 Å². The van der Waals surface area contributed by atoms with E-state index < -0.39 is 17.9 Å². The summed E-state index contributed by atoms with van der Waals surface area (Å²) >= 11 is 9.77. The van der Waals surface area contributed by atoms with Crippen LogP contribution >= 0.6 is 27.5 Å². The molecule has 7 nitrogen and oxygen atoms in total. The van der Waals surface area contributed by atoms with Gasteiger partial charge in [0, 0.05) is 38.8 Å². The summed E-state index contributed by atoms with van der Waals surface area (Å²) in [6.45, 7) is 0. The second-order valence-corrected chi connectivity index (χ2v) is 10.1. The van der Waals surface area contributed by atoms with Crippen LogP contribution in [0.25, 0.3) is 22.0 Å². The van der Waals surface area contributed by atoms with Crippen LogP contribution < -0.4 is 5.56 Å². The smallest absolute Gasteiger partial charge is 0.303 e. The second kappa shape index (κ2) is 10.3. The van der Waals surface area contributed by atoms with Gasteiger partial charge in [0.1, 0.15) is 0 Å². The molecule has 9 heteroatoms. The Morgan fingerprint density at radius 3 is 2.46 bits per heavy atom. The molecule has 1 amide bonds. The molecule has 5 rings (SSSR count). The Balaban J connectivity index is 1.69. The molecule has 0 radical (unpaired) electrons. The zero-order valence-electron chi connectivity index (χ0n) is 19.4. The van der Waals surface area contributed by atoms with Gasteiger partial charge in [-0.1, -0.05) is 70.0 Å². The van der Waals surface area contributed by atoms with E-state index in [2.05, 4.69) is 26.0 Å². The van der Waals surface area contributed by atoms with E-state index in [-0.39, 0.29) is 24.8 Å². The molecule has 1 atom stereocenters. The van der Waals surface area contributed by atoms with Crippen LogP contribution in [0.3, 0.4) is 0 Å². The number of hydrazone groups is 1. The van der Waals surface area contributed by atoms with Crippen molar-refractivity contribution >= 4 is 56.0 Å². The van der Waals surface area contributed by atoms with Crippen LogP contribution in [-0.4, -0.2) is 32.7 Å². The number of benzene rings is 3. The first-order chi connectivity index (χ1) is 17.8. The lowest BCUT2D eigenvalue weighted by molar-refractivity contribution is -0.141. The number of amides is 1. The SMILES string of the molecule is O=C(O)CCC(=O)N1N=C(c2c(-c3ccccc3)c3cc(Cl)ccc3[nH]c2=O)C[C@@H]1c1ccc(Br)cc1. The van der Waals surface area contributed by atoms with Crippen LogP contribution in [0.4, 0.5) is 0 Å². The number of carboxylic acid groups (broad SMARTS) is 1. The molecule has 0 aliphatic carbocycles. The summed E-state index contributed by atoms with van der Waals surface area (Å²) < 4.78 is 0.883. The average molecular weight is 579 g/mol. The maximum absolute atomic E-state index is 13.5. The van der Waals surface area contributed by atoms with Gasteiger partial charge in [-0.05, 0) is 41.5 Å². The fraction of sp³-hybridized carbons (Fsp3) is 0.143. The van der Waals surface area contributed by atoms with Crippen LogP contribution in [-0.2, 0) is 9.59 Å². The quantitative estimate of drug-likeness (QED) is 0.286. The molecule has 0 saturated carbocycles. The molecular formula is C28H21BrClN3O4. The largest absolute Gasteiger partial charge is 0.481 e. The minimum atomic E-state index is -1.06. The van der Waals surface area contributed by atoms with E-state index in [1.807, 2.05) is 54.6 Å². The highest BCUT2D eigenvalue weighted by molar-refractivity contribution is 9.10. The lowest BCUT2D eigenvalue weighted by Gasteiger charge is -2.22. The van der Waals surface area contributed by atoms with Crippen molar-refractivity contribution < 1.29 is 14.7 Å². The minimum absolute atomic E-state index is 0.200. The highest BCUT2D eigenvalue weighted by Gasteiger charge is 2.35. The van der Waals surface area contributed by atoms with Crippen molar-refractivity contribution in [3.8, 4) is 11.1 Å². The number of aromatic amines is 1. The highest BCUT2D eigenvalue weighted by Crippen LogP contribution is 2.38. The first kappa shape index (κ1) is 24.9. The third kappa shape index (κ3) is 5.08. The number of hydrogen-bond donors (Lipinski definition) is 2. The predicted octanol–water partition coefficient (Wildman–Crippen LogP) is 6.15. The Hall–Kier alpha value is -3.75. The van der Waals surface area contributed by atoms with Gasteiger partial charge in [0.15, 0.2) is 0 Å². The van der Waals surface area contributed by atoms with Gasteiger partial charge in [-0.25, -0.2) is 5.01 Å². The Labute approximate surface area is 225 Å². The fourth-order valence-electron chi connectivity index (χ4n) is 4.61. The number of carbonyl (C=O) groups excluding carboxylic acids is 1. The van der Waals surface area contributed by atoms with E-state index in [0.29, 0.717) is 27.4 Å². The molecule has 4 aromatic rings. The normalized spacial score (nSPS) is 15.1. The summed E-state index contributed by atoms with van der Waals surface area (Å²) in [6, 6.07) is 21.8. The molecule has 0 saturated heterocycles. The maximum atomic E-state index is 13.5. The summed E-state index contributed by atoms with van der Waals surface area (Å²) in [7, 11) is 0. The van der Waals surface area contributed by atoms with Gasteiger partial charge in [-0.15, -0.1) is 0 Å². The third-order valence-corrected chi connectivity index (χ3v) is 7.06. The van der Waals surface area contributed by atoms with Gasteiger partial charge in [0.2, 0.25) is 5.91 Å². The number of aliphatic carboxylic acids is 1. The molecule has 2 heterocycles. The molecule has 1 aliphatic rings. The van der Waals surface area contributed by atoms with Gasteiger partial charge in [-0.3, -0.25) is 14.4 Å². The lowest BCUT2D eigenvalue weighted by Crippen LogP contribution is -2.27. The monoisotopic (exact) mass is 577 g/mol. The van der Waals surface area contributed by atoms with Crippen molar-refractivity contribution in [2.45, 2.75) is 25.3 Å². The molecule has 1 aromatic heterocycles. The average Bonchev–Trinajstić information content (AvgIpc) is 3.32. The Bertz CT molecular complexity index is 1600. The van der Waals surface area contributed by atoms with Crippen molar-refractivity contribution in [3.63, 3.8) is 0 Å². The van der Waals surface area contributed by atoms with E-state index in [4.69, 9.17) is 16.7 Å². The molecule has 3 aromatic carbocycles. The number of hydrogen-bond acceptors (Lipinski definition) is 4. The minimum Gasteiger partial charge on any atom is -0.481 e. The van der Waals surface area contributed by atoms with Gasteiger partial charge < -0.3 is 10.1 Å². The van der Waals surface area contributed by atoms with Crippen molar-refractivity contribution in [1.29, 1.82) is 0 Å². The van der Waals surface area contributed by atoms with Gasteiger partial charge in [0.25, 0.3) is 5.56 Å². The summed E-state index contributed by atoms with van der Waals surface area (Å²) in [5.74, 6) is -1.49. The van der Waals surface area contributed by atoms with Crippen LogP contribution in [0.15, 0.2) is 87.2 Å². The number of aromatic nitrogens is 1. The number of halogens is 2. The number of H-pyrrole nitrogens is 1. The first-order valence-corrected chi connectivity index (χ1v) is 12.8. The van der Waals surface area contributed by atoms with Crippen molar-refractivity contribution in [2.75, 3.05) is 0 Å². The van der Waals surface area contributed by atoms with Crippen molar-refractivity contribution in [2.24, 2.45) is 5.10 Å². The fourth-order valence-corrected chi connectivity index (χ4v) is 5.05. The number of pyridine rings is 1. The molecule has 2 N–H and O–H groups in total. The zero-order chi connectivity index (χ0) is 26.1. The molecule has 186 valence electrons. The number of carbonyl (C=O) groups is 2. The zero-order valence-corrected chi connectivity index (χ0v) is 21.8. The van der Waals surface area contributed by atoms with Crippen molar-refractivity contribution in [1.82, 2.24) is 9.99 Å². The number of rotatable bonds is 6. The van der Waals surface area contributed by atoms with E-state index in [9.17, 15) is 14.4 Å². The van der Waals surface area contributed by atoms with Crippen LogP contribution in [0.2, 0.25) is 5.02 Å². The summed E-state index contributed by atoms with van der Waals surface area (Å²) in [6.07, 6.45) is -0.221. The number of nitrogens with zero attached hydrogens (tertiary/aromatic N) is 2. The number of nitrogens with one attached hydrogen (secondary N) is 1. The maximum Gasteiger partial charge on any atom is 0.303 e. The van der Waals surface area contributed by atoms with Crippen LogP contribution in [0.5, 0.6) is 0 Å². The second-order valence-electron chi connectivity index (χ2n) is 8.71. The third-order valence-electron chi connectivity index (χ3n) is 6.30.